The average Bonchev–Trinajstić information content (AvgIpc) is 2.34. The second-order valence-corrected chi connectivity index (χ2v) is 5.04. The van der Waals surface area contributed by atoms with Crippen molar-refractivity contribution in [2.24, 2.45) is 0 Å². The Morgan fingerprint density at radius 3 is 2.75 bits per heavy atom. The molecule has 0 aromatic heterocycles. The lowest BCUT2D eigenvalue weighted by atomic mass is 10.1. The predicted octanol–water partition coefficient (Wildman–Crippen LogP) is 2.63. The Labute approximate surface area is 106 Å². The average molecular weight is 292 g/mol. The molecule has 1 rings (SSSR count). The quantitative estimate of drug-likeness (QED) is 0.578. The molecule has 0 saturated carbocycles. The van der Waals surface area contributed by atoms with E-state index in [0.29, 0.717) is 0 Å². The van der Waals surface area contributed by atoms with Gasteiger partial charge in [-0.3, -0.25) is 4.79 Å². The van der Waals surface area contributed by atoms with Gasteiger partial charge in [-0.05, 0) is 32.1 Å². The van der Waals surface area contributed by atoms with Gasteiger partial charge in [-0.2, -0.15) is 0 Å². The summed E-state index contributed by atoms with van der Waals surface area (Å²) >= 11 is 3.41. The Balaban J connectivity index is 1.97. The minimum absolute atomic E-state index is 0.0835. The van der Waals surface area contributed by atoms with Crippen LogP contribution in [0.1, 0.15) is 44.9 Å². The smallest absolute Gasteiger partial charge is 0.249 e. The van der Waals surface area contributed by atoms with Crippen molar-refractivity contribution in [2.75, 3.05) is 18.5 Å². The maximum absolute atomic E-state index is 11.6. The Hall–Kier alpha value is -0.0900. The number of alkyl halides is 1. The fourth-order valence-electron chi connectivity index (χ4n) is 1.85. The number of ether oxygens (including phenoxy) is 1. The van der Waals surface area contributed by atoms with Gasteiger partial charge in [0.1, 0.15) is 6.10 Å². The van der Waals surface area contributed by atoms with Crippen LogP contribution in [0, 0.1) is 0 Å². The molecule has 1 aliphatic rings. The van der Waals surface area contributed by atoms with E-state index in [-0.39, 0.29) is 12.0 Å². The van der Waals surface area contributed by atoms with E-state index in [1.54, 1.807) is 0 Å². The van der Waals surface area contributed by atoms with Crippen molar-refractivity contribution in [3.63, 3.8) is 0 Å². The largest absolute Gasteiger partial charge is 0.368 e. The molecule has 3 nitrogen and oxygen atoms in total. The van der Waals surface area contributed by atoms with E-state index < -0.39 is 0 Å². The van der Waals surface area contributed by atoms with E-state index in [4.69, 9.17) is 4.74 Å². The Morgan fingerprint density at radius 2 is 2.06 bits per heavy atom. The lowest BCUT2D eigenvalue weighted by molar-refractivity contribution is -0.135. The zero-order valence-electron chi connectivity index (χ0n) is 9.84. The number of halogens is 1. The van der Waals surface area contributed by atoms with Crippen LogP contribution in [0.3, 0.4) is 0 Å². The van der Waals surface area contributed by atoms with Crippen LogP contribution < -0.4 is 5.32 Å². The SMILES string of the molecule is O=C(NCCCCCCBr)C1CCCCO1. The first-order chi connectivity index (χ1) is 7.84. The van der Waals surface area contributed by atoms with E-state index in [1.807, 2.05) is 0 Å². The van der Waals surface area contributed by atoms with Crippen LogP contribution in [0.4, 0.5) is 0 Å². The van der Waals surface area contributed by atoms with Crippen LogP contribution in [0.2, 0.25) is 0 Å². The second kappa shape index (κ2) is 8.99. The summed E-state index contributed by atoms with van der Waals surface area (Å²) in [6.45, 7) is 1.53. The summed E-state index contributed by atoms with van der Waals surface area (Å²) in [5.74, 6) is 0.0835. The molecule has 0 aromatic carbocycles. The van der Waals surface area contributed by atoms with Gasteiger partial charge in [0.15, 0.2) is 0 Å². The van der Waals surface area contributed by atoms with Gasteiger partial charge < -0.3 is 10.1 Å². The molecule has 1 unspecified atom stereocenters. The van der Waals surface area contributed by atoms with E-state index in [0.717, 1.165) is 44.2 Å². The molecular formula is C12H22BrNO2. The van der Waals surface area contributed by atoms with Crippen molar-refractivity contribution < 1.29 is 9.53 Å². The fraction of sp³-hybridized carbons (Fsp3) is 0.917. The minimum Gasteiger partial charge on any atom is -0.368 e. The first-order valence-corrected chi connectivity index (χ1v) is 7.42. The van der Waals surface area contributed by atoms with Gasteiger partial charge in [0, 0.05) is 18.5 Å². The highest BCUT2D eigenvalue weighted by Gasteiger charge is 2.20. The molecular weight excluding hydrogens is 270 g/mol. The lowest BCUT2D eigenvalue weighted by Gasteiger charge is -2.21. The maximum atomic E-state index is 11.6. The van der Waals surface area contributed by atoms with Crippen LogP contribution in [-0.2, 0) is 9.53 Å². The van der Waals surface area contributed by atoms with Crippen LogP contribution in [-0.4, -0.2) is 30.5 Å². The number of carbonyl (C=O) groups is 1. The normalized spacial score (nSPS) is 20.7. The highest BCUT2D eigenvalue weighted by molar-refractivity contribution is 9.09. The van der Waals surface area contributed by atoms with Crippen LogP contribution in [0.15, 0.2) is 0 Å². The lowest BCUT2D eigenvalue weighted by Crippen LogP contribution is -2.38. The van der Waals surface area contributed by atoms with Crippen molar-refractivity contribution in [1.82, 2.24) is 5.32 Å². The number of hydrogen-bond donors (Lipinski definition) is 1. The summed E-state index contributed by atoms with van der Waals surface area (Å²) < 4.78 is 5.42. The number of rotatable bonds is 7. The molecule has 1 saturated heterocycles. The van der Waals surface area contributed by atoms with E-state index in [1.165, 1.54) is 19.3 Å². The maximum Gasteiger partial charge on any atom is 0.249 e. The van der Waals surface area contributed by atoms with Crippen molar-refractivity contribution in [3.8, 4) is 0 Å². The number of hydrogen-bond acceptors (Lipinski definition) is 2. The van der Waals surface area contributed by atoms with Gasteiger partial charge in [0.25, 0.3) is 0 Å². The van der Waals surface area contributed by atoms with Crippen molar-refractivity contribution in [3.05, 3.63) is 0 Å². The Kier molecular flexibility index (Phi) is 7.85. The van der Waals surface area contributed by atoms with Gasteiger partial charge in [-0.1, -0.05) is 28.8 Å². The molecule has 1 atom stereocenters. The van der Waals surface area contributed by atoms with Crippen LogP contribution >= 0.6 is 15.9 Å². The number of amides is 1. The second-order valence-electron chi connectivity index (χ2n) is 4.25. The van der Waals surface area contributed by atoms with Crippen LogP contribution in [0.25, 0.3) is 0 Å². The highest BCUT2D eigenvalue weighted by atomic mass is 79.9. The molecule has 0 bridgehead atoms. The van der Waals surface area contributed by atoms with Gasteiger partial charge in [-0.25, -0.2) is 0 Å². The molecule has 1 aliphatic heterocycles. The number of unbranched alkanes of at least 4 members (excludes halogenated alkanes) is 3. The molecule has 4 heteroatoms. The molecule has 94 valence electrons. The molecule has 0 spiro atoms. The first-order valence-electron chi connectivity index (χ1n) is 6.30. The van der Waals surface area contributed by atoms with E-state index >= 15 is 0 Å². The van der Waals surface area contributed by atoms with Gasteiger partial charge in [0.2, 0.25) is 5.91 Å². The summed E-state index contributed by atoms with van der Waals surface area (Å²) in [5.41, 5.74) is 0. The van der Waals surface area contributed by atoms with E-state index in [9.17, 15) is 4.79 Å². The molecule has 1 heterocycles. The molecule has 1 fully saturated rings. The van der Waals surface area contributed by atoms with Gasteiger partial charge >= 0.3 is 0 Å². The van der Waals surface area contributed by atoms with Crippen LogP contribution in [0.5, 0.6) is 0 Å². The van der Waals surface area contributed by atoms with Gasteiger partial charge in [-0.15, -0.1) is 0 Å². The zero-order chi connectivity index (χ0) is 11.6. The molecule has 1 N–H and O–H groups in total. The number of carbonyl (C=O) groups excluding carboxylic acids is 1. The minimum atomic E-state index is -0.184. The summed E-state index contributed by atoms with van der Waals surface area (Å²) in [4.78, 5) is 11.6. The van der Waals surface area contributed by atoms with Crippen molar-refractivity contribution in [2.45, 2.75) is 51.0 Å². The van der Waals surface area contributed by atoms with Crippen molar-refractivity contribution >= 4 is 21.8 Å². The zero-order valence-corrected chi connectivity index (χ0v) is 11.4. The molecule has 16 heavy (non-hydrogen) atoms. The first kappa shape index (κ1) is 14.0. The standard InChI is InChI=1S/C12H22BrNO2/c13-8-4-1-2-5-9-14-12(15)11-7-3-6-10-16-11/h11H,1-10H2,(H,14,15). The van der Waals surface area contributed by atoms with Crippen molar-refractivity contribution in [1.29, 1.82) is 0 Å². The topological polar surface area (TPSA) is 38.3 Å². The monoisotopic (exact) mass is 291 g/mol. The molecule has 0 aromatic rings. The predicted molar refractivity (Wildman–Crippen MR) is 68.9 cm³/mol. The molecule has 0 radical (unpaired) electrons. The van der Waals surface area contributed by atoms with E-state index in [2.05, 4.69) is 21.2 Å². The third kappa shape index (κ3) is 5.85. The summed E-state index contributed by atoms with van der Waals surface area (Å²) in [5, 5.41) is 4.03. The summed E-state index contributed by atoms with van der Waals surface area (Å²) in [6, 6.07) is 0. The summed E-state index contributed by atoms with van der Waals surface area (Å²) in [7, 11) is 0. The fourth-order valence-corrected chi connectivity index (χ4v) is 2.24. The van der Waals surface area contributed by atoms with Gasteiger partial charge in [0.05, 0.1) is 0 Å². The highest BCUT2D eigenvalue weighted by Crippen LogP contribution is 2.12. The molecule has 0 aliphatic carbocycles. The molecule has 1 amide bonds. The number of nitrogens with one attached hydrogen (secondary N) is 1. The third-order valence-electron chi connectivity index (χ3n) is 2.83. The summed E-state index contributed by atoms with van der Waals surface area (Å²) in [6.07, 6.45) is 7.63. The third-order valence-corrected chi connectivity index (χ3v) is 3.39. The Morgan fingerprint density at radius 1 is 1.25 bits per heavy atom. The Bertz CT molecular complexity index is 193.